The van der Waals surface area contributed by atoms with Gasteiger partial charge in [-0.05, 0) is 110 Å². The Balaban J connectivity index is 0.000000270. The molecule has 4 aliphatic heterocycles. The van der Waals surface area contributed by atoms with Crippen molar-refractivity contribution in [1.29, 1.82) is 0 Å². The molecule has 6 aromatic carbocycles. The number of methoxy groups -OCH3 is 1. The smallest absolute Gasteiger partial charge is 0.870 e. The first kappa shape index (κ1) is 61.5. The minimum atomic E-state index is -0.913. The molecule has 0 saturated carbocycles. The van der Waals surface area contributed by atoms with Crippen LogP contribution in [0.5, 0.6) is 0 Å². The molecule has 6 aromatic rings. The van der Waals surface area contributed by atoms with Gasteiger partial charge in [0.15, 0.2) is 0 Å². The number of piperidine rings is 2. The number of benzene rings is 6. The molecule has 0 radical (unpaired) electrons. The maximum Gasteiger partial charge on any atom is 1.00 e. The van der Waals surface area contributed by atoms with E-state index in [1.54, 1.807) is 9.80 Å². The van der Waals surface area contributed by atoms with Gasteiger partial charge in [-0.2, -0.15) is 0 Å². The molecule has 6 atom stereocenters. The molecular weight excluding hydrogens is 960 g/mol. The largest absolute Gasteiger partial charge is 1.00 e. The number of aliphatic carboxylic acids is 1. The second-order valence-corrected chi connectivity index (χ2v) is 20.5. The second kappa shape index (κ2) is 30.0. The maximum atomic E-state index is 14.2. The van der Waals surface area contributed by atoms with Gasteiger partial charge in [-0.3, -0.25) is 19.4 Å². The molecule has 2 amide bonds. The van der Waals surface area contributed by atoms with Crippen LogP contribution in [-0.2, 0) is 36.8 Å². The van der Waals surface area contributed by atoms with Crippen LogP contribution >= 0.6 is 0 Å². The van der Waals surface area contributed by atoms with Gasteiger partial charge >= 0.3 is 30.8 Å². The van der Waals surface area contributed by atoms with Crippen LogP contribution in [0.3, 0.4) is 0 Å². The summed E-state index contributed by atoms with van der Waals surface area (Å²) in [6.45, 7) is 4.93. The van der Waals surface area contributed by atoms with Crippen molar-refractivity contribution in [1.82, 2.24) is 19.6 Å². The summed E-state index contributed by atoms with van der Waals surface area (Å²) in [5.74, 6) is -1.24. The van der Waals surface area contributed by atoms with E-state index in [0.717, 1.165) is 74.1 Å². The first-order chi connectivity index (χ1) is 35.7. The maximum absolute atomic E-state index is 14.2. The van der Waals surface area contributed by atoms with Crippen LogP contribution in [0.1, 0.15) is 91.2 Å². The number of amides is 2. The van der Waals surface area contributed by atoms with Crippen molar-refractivity contribution in [2.75, 3.05) is 46.4 Å². The Labute approximate surface area is 468 Å². The quantitative estimate of drug-likeness (QED) is 0.0960. The van der Waals surface area contributed by atoms with E-state index in [4.69, 9.17) is 4.74 Å². The van der Waals surface area contributed by atoms with Crippen LogP contribution in [0, 0.1) is 11.8 Å². The molecule has 0 bridgehead atoms. The van der Waals surface area contributed by atoms with Gasteiger partial charge in [0.2, 0.25) is 11.8 Å². The summed E-state index contributed by atoms with van der Waals surface area (Å²) in [5.41, 5.74) is 6.38. The molecule has 4 saturated heterocycles. The molecular formula is C64H77LiN4O8. The normalized spacial score (nSPS) is 21.2. The van der Waals surface area contributed by atoms with Crippen LogP contribution < -0.4 is 18.9 Å². The predicted molar refractivity (Wildman–Crippen MR) is 298 cm³/mol. The van der Waals surface area contributed by atoms with Crippen LogP contribution in [0.25, 0.3) is 0 Å². The summed E-state index contributed by atoms with van der Waals surface area (Å²) in [6, 6.07) is 59.3. The van der Waals surface area contributed by atoms with E-state index in [2.05, 4.69) is 64.4 Å². The zero-order valence-electron chi connectivity index (χ0n) is 44.1. The molecule has 77 heavy (non-hydrogen) atoms. The summed E-state index contributed by atoms with van der Waals surface area (Å²) < 4.78 is 5.19. The number of nitrogens with zero attached hydrogens (tertiary/aromatic N) is 4. The number of carbonyl (C=O) groups excluding carboxylic acids is 3. The van der Waals surface area contributed by atoms with Gasteiger partial charge in [0, 0.05) is 38.3 Å². The zero-order valence-corrected chi connectivity index (χ0v) is 44.1. The van der Waals surface area contributed by atoms with Gasteiger partial charge in [0.1, 0.15) is 12.1 Å². The van der Waals surface area contributed by atoms with Crippen molar-refractivity contribution >= 4 is 23.8 Å². The number of carboxylic acids is 1. The third kappa shape index (κ3) is 15.4. The standard InChI is InChI=1S/C32H36N2O3.C31H34N2O3.CH4.Li.2H2O/c1-37-32(36)29-21-28(33-19-11-14-25(22-33)20-24-12-5-2-6-13-24)23-34(29)31(35)30(26-15-7-3-8-16-26)27-17-9-4-10-18-27;34-30(29(25-14-6-2-7-15-25)26-16-8-3-9-17-26)33-22-27(20-28(33)31(35)36)32-18-10-13-24(21-32)19-23-11-4-1-5-12-23;;;;/h2-10,12-13,15-18,25,28-30H,11,14,19-23H2,1H3;1-9,11-12,14-17,24,27-29H,10,13,18-22H2,(H,35,36);1H4;;2*1H2/q;;;+1;;/p-1/t25?,28-,29-;24?,27-,28-;;;;/m00..../s1. The van der Waals surface area contributed by atoms with E-state index >= 15 is 0 Å². The fourth-order valence-corrected chi connectivity index (χ4v) is 12.2. The minimum absolute atomic E-state index is 0. The van der Waals surface area contributed by atoms with Crippen molar-refractivity contribution in [3.05, 3.63) is 215 Å². The number of carbonyl (C=O) groups is 4. The number of rotatable bonds is 14. The first-order valence-corrected chi connectivity index (χ1v) is 26.4. The Morgan fingerprint density at radius 1 is 0.506 bits per heavy atom. The van der Waals surface area contributed by atoms with E-state index < -0.39 is 29.9 Å². The summed E-state index contributed by atoms with van der Waals surface area (Å²) in [5, 5.41) is 10.1. The Morgan fingerprint density at radius 3 is 1.14 bits per heavy atom. The molecule has 4 N–H and O–H groups in total. The average molecular weight is 1040 g/mol. The third-order valence-electron chi connectivity index (χ3n) is 15.8. The Morgan fingerprint density at radius 2 is 0.818 bits per heavy atom. The Bertz CT molecular complexity index is 2630. The monoisotopic (exact) mass is 1040 g/mol. The second-order valence-electron chi connectivity index (χ2n) is 20.5. The molecule has 402 valence electrons. The molecule has 4 aliphatic rings. The van der Waals surface area contributed by atoms with Crippen LogP contribution in [0.4, 0.5) is 0 Å². The zero-order chi connectivity index (χ0) is 50.5. The molecule has 13 heteroatoms. The van der Waals surface area contributed by atoms with E-state index in [1.165, 1.54) is 31.1 Å². The molecule has 12 nitrogen and oxygen atoms in total. The minimum Gasteiger partial charge on any atom is -0.870 e. The summed E-state index contributed by atoms with van der Waals surface area (Å²) in [6.07, 6.45) is 7.86. The van der Waals surface area contributed by atoms with E-state index in [-0.39, 0.29) is 67.1 Å². The molecule has 2 unspecified atom stereocenters. The van der Waals surface area contributed by atoms with Gasteiger partial charge in [-0.25, -0.2) is 9.59 Å². The molecule has 4 fully saturated rings. The molecule has 4 heterocycles. The summed E-state index contributed by atoms with van der Waals surface area (Å²) in [7, 11) is 1.42. The molecule has 0 aromatic heterocycles. The number of hydrogen-bond acceptors (Lipinski definition) is 8. The average Bonchev–Trinajstić information content (AvgIpc) is 4.12. The fourth-order valence-electron chi connectivity index (χ4n) is 12.2. The number of hydrogen-bond donors (Lipinski definition) is 1. The molecule has 0 aliphatic carbocycles. The Hall–Kier alpha value is -6.36. The van der Waals surface area contributed by atoms with E-state index in [9.17, 15) is 24.3 Å². The SMILES string of the molecule is C.COC(=O)[C@@H]1C[C@H](N2CCCC(Cc3ccccc3)C2)CN1C(=O)C(c1ccccc1)c1ccccc1.O.O=C(O)[C@@H]1C[C@H](N2CCCC(Cc3ccccc3)C2)CN1C(=O)C(c1ccccc1)c1ccccc1.[Li+].[OH-]. The first-order valence-electron chi connectivity index (χ1n) is 26.4. The number of esters is 1. The van der Waals surface area contributed by atoms with Crippen LogP contribution in [0.2, 0.25) is 0 Å². The van der Waals surface area contributed by atoms with Crippen molar-refractivity contribution in [3.63, 3.8) is 0 Å². The number of carboxylic acid groups (broad SMARTS) is 1. The topological polar surface area (TPSA) is 172 Å². The summed E-state index contributed by atoms with van der Waals surface area (Å²) in [4.78, 5) is 61.9. The molecule has 10 rings (SSSR count). The van der Waals surface area contributed by atoms with Gasteiger partial charge in [-0.1, -0.05) is 189 Å². The van der Waals surface area contributed by atoms with Crippen molar-refractivity contribution in [3.8, 4) is 0 Å². The van der Waals surface area contributed by atoms with E-state index in [1.807, 2.05) is 127 Å². The number of ether oxygens (including phenoxy) is 1. The van der Waals surface area contributed by atoms with Gasteiger partial charge in [0.25, 0.3) is 0 Å². The van der Waals surface area contributed by atoms with Gasteiger partial charge in [-0.15, -0.1) is 0 Å². The fraction of sp³-hybridized carbons (Fsp3) is 0.375. The third-order valence-corrected chi connectivity index (χ3v) is 15.8. The van der Waals surface area contributed by atoms with Crippen molar-refractivity contribution in [2.24, 2.45) is 11.8 Å². The van der Waals surface area contributed by atoms with Crippen molar-refractivity contribution < 1.29 is 58.8 Å². The van der Waals surface area contributed by atoms with Gasteiger partial charge < -0.3 is 30.6 Å². The van der Waals surface area contributed by atoms with Crippen molar-refractivity contribution in [2.45, 2.75) is 94.8 Å². The predicted octanol–water partition coefficient (Wildman–Crippen LogP) is 6.38. The number of likely N-dealkylation sites (tertiary alicyclic amines) is 4. The van der Waals surface area contributed by atoms with Crippen LogP contribution in [-0.4, -0.2) is 130 Å². The van der Waals surface area contributed by atoms with Crippen LogP contribution in [0.15, 0.2) is 182 Å². The van der Waals surface area contributed by atoms with Gasteiger partial charge in [0.05, 0.1) is 18.9 Å². The summed E-state index contributed by atoms with van der Waals surface area (Å²) >= 11 is 0. The molecule has 0 spiro atoms. The Kier molecular flexibility index (Phi) is 23.9. The van der Waals surface area contributed by atoms with E-state index in [0.29, 0.717) is 37.8 Å².